The normalized spacial score (nSPS) is 12.8. The average molecular weight is 331 g/mol. The Kier molecular flexibility index (Phi) is 5.09. The van der Waals surface area contributed by atoms with Gasteiger partial charge in [-0.15, -0.1) is 0 Å². The first kappa shape index (κ1) is 16.2. The fraction of sp³-hybridized carbons (Fsp3) is 0.368. The van der Waals surface area contributed by atoms with Crippen LogP contribution < -0.4 is 9.64 Å². The van der Waals surface area contributed by atoms with Gasteiger partial charge in [0.1, 0.15) is 0 Å². The molecule has 0 aromatic heterocycles. The van der Waals surface area contributed by atoms with Gasteiger partial charge in [-0.2, -0.15) is 0 Å². The Balaban J connectivity index is 1.85. The lowest BCUT2D eigenvalue weighted by Gasteiger charge is -2.33. The van der Waals surface area contributed by atoms with Gasteiger partial charge in [0.2, 0.25) is 0 Å². The second kappa shape index (κ2) is 7.24. The first-order chi connectivity index (χ1) is 11.2. The molecule has 0 bridgehead atoms. The highest BCUT2D eigenvalue weighted by molar-refractivity contribution is 6.31. The van der Waals surface area contributed by atoms with E-state index in [4.69, 9.17) is 16.3 Å². The van der Waals surface area contributed by atoms with E-state index in [0.29, 0.717) is 0 Å². The molecule has 0 saturated heterocycles. The van der Waals surface area contributed by atoms with Crippen LogP contribution in [-0.4, -0.2) is 31.1 Å². The summed E-state index contributed by atoms with van der Waals surface area (Å²) >= 11 is 6.21. The van der Waals surface area contributed by atoms with Crippen molar-refractivity contribution in [3.05, 3.63) is 47.5 Å². The summed E-state index contributed by atoms with van der Waals surface area (Å²) in [5.41, 5.74) is 2.16. The molecule has 1 heterocycles. The molecule has 3 rings (SSSR count). The highest BCUT2D eigenvalue weighted by Gasteiger charge is 2.24. The number of hydrogen-bond donors (Lipinski definition) is 0. The number of anilines is 2. The fourth-order valence-corrected chi connectivity index (χ4v) is 3.20. The molecule has 0 amide bonds. The van der Waals surface area contributed by atoms with Crippen LogP contribution in [0.1, 0.15) is 20.3 Å². The number of hydrogen-bond acceptors (Lipinski definition) is 3. The largest absolute Gasteiger partial charge is 0.453 e. The SMILES string of the molecule is CCN(CC)CCCN1c2ccccc2Oc2ccc(Cl)cc21. The van der Waals surface area contributed by atoms with Crippen LogP contribution in [0.3, 0.4) is 0 Å². The molecule has 1 aliphatic heterocycles. The van der Waals surface area contributed by atoms with Gasteiger partial charge in [-0.05, 0) is 56.4 Å². The molecule has 4 heteroatoms. The smallest absolute Gasteiger partial charge is 0.151 e. The summed E-state index contributed by atoms with van der Waals surface area (Å²) < 4.78 is 6.02. The molecule has 0 atom stereocenters. The van der Waals surface area contributed by atoms with Gasteiger partial charge in [0.25, 0.3) is 0 Å². The Labute approximate surface area is 143 Å². The van der Waals surface area contributed by atoms with Gasteiger partial charge in [-0.3, -0.25) is 0 Å². The van der Waals surface area contributed by atoms with Crippen LogP contribution in [0.4, 0.5) is 11.4 Å². The van der Waals surface area contributed by atoms with Crippen LogP contribution in [0, 0.1) is 0 Å². The predicted octanol–water partition coefficient (Wildman–Crippen LogP) is 5.32. The lowest BCUT2D eigenvalue weighted by atomic mass is 10.1. The number of rotatable bonds is 6. The van der Waals surface area contributed by atoms with Gasteiger partial charge in [-0.25, -0.2) is 0 Å². The molecule has 122 valence electrons. The Morgan fingerprint density at radius 1 is 1.00 bits per heavy atom. The first-order valence-electron chi connectivity index (χ1n) is 8.29. The lowest BCUT2D eigenvalue weighted by Crippen LogP contribution is -2.29. The number of benzene rings is 2. The van der Waals surface area contributed by atoms with Crippen molar-refractivity contribution in [2.45, 2.75) is 20.3 Å². The second-order valence-corrected chi connectivity index (χ2v) is 6.15. The number of para-hydroxylation sites is 2. The summed E-state index contributed by atoms with van der Waals surface area (Å²) in [7, 11) is 0. The van der Waals surface area contributed by atoms with E-state index >= 15 is 0 Å². The maximum absolute atomic E-state index is 6.21. The highest BCUT2D eigenvalue weighted by Crippen LogP contribution is 2.47. The molecular weight excluding hydrogens is 308 g/mol. The molecule has 0 spiro atoms. The van der Waals surface area contributed by atoms with E-state index in [2.05, 4.69) is 35.8 Å². The van der Waals surface area contributed by atoms with Crippen molar-refractivity contribution in [3.63, 3.8) is 0 Å². The van der Waals surface area contributed by atoms with Crippen molar-refractivity contribution < 1.29 is 4.74 Å². The van der Waals surface area contributed by atoms with Crippen molar-refractivity contribution in [2.75, 3.05) is 31.1 Å². The quantitative estimate of drug-likeness (QED) is 0.713. The summed E-state index contributed by atoms with van der Waals surface area (Å²) in [6.45, 7) is 8.66. The van der Waals surface area contributed by atoms with Gasteiger partial charge in [-0.1, -0.05) is 37.6 Å². The van der Waals surface area contributed by atoms with Crippen molar-refractivity contribution in [1.29, 1.82) is 0 Å². The summed E-state index contributed by atoms with van der Waals surface area (Å²) in [5.74, 6) is 1.78. The molecule has 0 aliphatic carbocycles. The predicted molar refractivity (Wildman–Crippen MR) is 97.4 cm³/mol. The molecular formula is C19H23ClN2O. The Morgan fingerprint density at radius 3 is 2.52 bits per heavy atom. The van der Waals surface area contributed by atoms with Crippen LogP contribution >= 0.6 is 11.6 Å². The maximum Gasteiger partial charge on any atom is 0.151 e. The van der Waals surface area contributed by atoms with Gasteiger partial charge in [0.15, 0.2) is 11.5 Å². The van der Waals surface area contributed by atoms with Gasteiger partial charge in [0, 0.05) is 11.6 Å². The molecule has 0 N–H and O–H groups in total. The number of halogens is 1. The summed E-state index contributed by atoms with van der Waals surface area (Å²) in [6, 6.07) is 14.0. The molecule has 0 unspecified atom stereocenters. The minimum absolute atomic E-state index is 0.737. The number of ether oxygens (including phenoxy) is 1. The number of nitrogens with zero attached hydrogens (tertiary/aromatic N) is 2. The Morgan fingerprint density at radius 2 is 1.74 bits per heavy atom. The van der Waals surface area contributed by atoms with E-state index in [-0.39, 0.29) is 0 Å². The maximum atomic E-state index is 6.21. The fourth-order valence-electron chi connectivity index (χ4n) is 3.04. The minimum atomic E-state index is 0.737. The molecule has 3 nitrogen and oxygen atoms in total. The first-order valence-corrected chi connectivity index (χ1v) is 8.67. The zero-order chi connectivity index (χ0) is 16.2. The topological polar surface area (TPSA) is 15.7 Å². The molecule has 2 aromatic rings. The minimum Gasteiger partial charge on any atom is -0.453 e. The third-order valence-electron chi connectivity index (χ3n) is 4.34. The molecule has 23 heavy (non-hydrogen) atoms. The van der Waals surface area contributed by atoms with E-state index in [1.165, 1.54) is 0 Å². The summed E-state index contributed by atoms with van der Waals surface area (Å²) in [5, 5.41) is 0.737. The van der Waals surface area contributed by atoms with E-state index in [1.54, 1.807) is 0 Å². The Hall–Kier alpha value is -1.71. The standard InChI is InChI=1S/C19H23ClN2O/c1-3-21(4-2)12-7-13-22-16-8-5-6-9-18(16)23-19-11-10-15(20)14-17(19)22/h5-6,8-11,14H,3-4,7,12-13H2,1-2H3. The average Bonchev–Trinajstić information content (AvgIpc) is 2.58. The number of fused-ring (bicyclic) bond motifs is 2. The molecule has 0 radical (unpaired) electrons. The summed E-state index contributed by atoms with van der Waals surface area (Å²) in [6.07, 6.45) is 1.10. The second-order valence-electron chi connectivity index (χ2n) is 5.71. The van der Waals surface area contributed by atoms with Crippen molar-refractivity contribution in [3.8, 4) is 11.5 Å². The molecule has 0 fully saturated rings. The van der Waals surface area contributed by atoms with Gasteiger partial charge < -0.3 is 14.5 Å². The van der Waals surface area contributed by atoms with E-state index in [0.717, 1.165) is 60.5 Å². The zero-order valence-electron chi connectivity index (χ0n) is 13.8. The van der Waals surface area contributed by atoms with Crippen LogP contribution in [0.5, 0.6) is 11.5 Å². The highest BCUT2D eigenvalue weighted by atomic mass is 35.5. The van der Waals surface area contributed by atoms with E-state index in [9.17, 15) is 0 Å². The van der Waals surface area contributed by atoms with Crippen molar-refractivity contribution in [2.24, 2.45) is 0 Å². The van der Waals surface area contributed by atoms with E-state index < -0.39 is 0 Å². The monoisotopic (exact) mass is 330 g/mol. The van der Waals surface area contributed by atoms with Crippen LogP contribution in [0.2, 0.25) is 5.02 Å². The lowest BCUT2D eigenvalue weighted by molar-refractivity contribution is 0.301. The third kappa shape index (κ3) is 3.46. The Bertz CT molecular complexity index is 670. The van der Waals surface area contributed by atoms with Crippen LogP contribution in [-0.2, 0) is 0 Å². The molecule has 1 aliphatic rings. The van der Waals surface area contributed by atoms with Crippen LogP contribution in [0.25, 0.3) is 0 Å². The third-order valence-corrected chi connectivity index (χ3v) is 4.57. The molecule has 0 saturated carbocycles. The van der Waals surface area contributed by atoms with Gasteiger partial charge in [0.05, 0.1) is 11.4 Å². The van der Waals surface area contributed by atoms with Crippen LogP contribution in [0.15, 0.2) is 42.5 Å². The van der Waals surface area contributed by atoms with E-state index in [1.807, 2.05) is 30.3 Å². The summed E-state index contributed by atoms with van der Waals surface area (Å²) in [4.78, 5) is 4.77. The zero-order valence-corrected chi connectivity index (χ0v) is 14.5. The molecule has 2 aromatic carbocycles. The van der Waals surface area contributed by atoms with Gasteiger partial charge >= 0.3 is 0 Å². The van der Waals surface area contributed by atoms with Crippen molar-refractivity contribution in [1.82, 2.24) is 4.90 Å². The van der Waals surface area contributed by atoms with Crippen molar-refractivity contribution >= 4 is 23.0 Å².